The summed E-state index contributed by atoms with van der Waals surface area (Å²) in [4.78, 5) is 7.94. The average molecular weight is 249 g/mol. The minimum Gasteiger partial charge on any atom is -0.370 e. The summed E-state index contributed by atoms with van der Waals surface area (Å²) in [7, 11) is 0. The normalized spacial score (nSPS) is 11.5. The van der Waals surface area contributed by atoms with E-state index in [1.807, 2.05) is 6.92 Å². The Kier molecular flexibility index (Phi) is 5.14. The summed E-state index contributed by atoms with van der Waals surface area (Å²) in [6.07, 6.45) is -2.08. The number of hydrogen-bond acceptors (Lipinski definition) is 4. The molecule has 0 radical (unpaired) electrons. The third kappa shape index (κ3) is 6.06. The topological polar surface area (TPSA) is 47.0 Å². The molecule has 0 aromatic carbocycles. The van der Waals surface area contributed by atoms with Crippen LogP contribution in [0.25, 0.3) is 0 Å². The van der Waals surface area contributed by atoms with Gasteiger partial charge in [0.25, 0.3) is 0 Å². The Morgan fingerprint density at radius 2 is 2.12 bits per heavy atom. The van der Waals surface area contributed by atoms with Crippen LogP contribution in [0.1, 0.15) is 12.6 Å². The molecule has 0 saturated heterocycles. The lowest BCUT2D eigenvalue weighted by molar-refractivity contribution is -0.172. The van der Waals surface area contributed by atoms with Gasteiger partial charge >= 0.3 is 6.18 Å². The van der Waals surface area contributed by atoms with Gasteiger partial charge in [-0.05, 0) is 6.42 Å². The molecule has 0 aliphatic heterocycles. The molecule has 0 aliphatic carbocycles. The standard InChI is InChI=1S/C10H14F3N3O/c1-2-8-5-9(16-7-15-8)14-3-4-17-6-10(11,12)13/h5,7H,2-4,6H2,1H3,(H,14,15,16). The Labute approximate surface area is 97.2 Å². The number of nitrogens with zero attached hydrogens (tertiary/aromatic N) is 2. The molecule has 17 heavy (non-hydrogen) atoms. The summed E-state index contributed by atoms with van der Waals surface area (Å²) in [5.74, 6) is 0.590. The lowest BCUT2D eigenvalue weighted by Gasteiger charge is -2.09. The van der Waals surface area contributed by atoms with Crippen molar-refractivity contribution in [1.29, 1.82) is 0 Å². The number of nitrogens with one attached hydrogen (secondary N) is 1. The highest BCUT2D eigenvalue weighted by atomic mass is 19.4. The van der Waals surface area contributed by atoms with Gasteiger partial charge in [-0.25, -0.2) is 9.97 Å². The molecule has 1 rings (SSSR count). The van der Waals surface area contributed by atoms with E-state index in [0.29, 0.717) is 5.82 Å². The fourth-order valence-electron chi connectivity index (χ4n) is 1.13. The molecule has 1 aromatic rings. The lowest BCUT2D eigenvalue weighted by Crippen LogP contribution is -2.20. The lowest BCUT2D eigenvalue weighted by atomic mass is 10.3. The van der Waals surface area contributed by atoms with Crippen LogP contribution in [0.15, 0.2) is 12.4 Å². The Balaban J connectivity index is 2.22. The molecule has 0 unspecified atom stereocenters. The Hall–Kier alpha value is -1.37. The quantitative estimate of drug-likeness (QED) is 0.784. The van der Waals surface area contributed by atoms with Crippen molar-refractivity contribution in [3.8, 4) is 0 Å². The highest BCUT2D eigenvalue weighted by molar-refractivity contribution is 5.34. The fourth-order valence-corrected chi connectivity index (χ4v) is 1.13. The van der Waals surface area contributed by atoms with Gasteiger partial charge in [-0.3, -0.25) is 0 Å². The molecule has 1 aromatic heterocycles. The summed E-state index contributed by atoms with van der Waals surface area (Å²) in [5, 5.41) is 2.86. The SMILES string of the molecule is CCc1cc(NCCOCC(F)(F)F)ncn1. The molecule has 0 spiro atoms. The monoisotopic (exact) mass is 249 g/mol. The van der Waals surface area contributed by atoms with Crippen LogP contribution in [0.3, 0.4) is 0 Å². The number of aromatic nitrogens is 2. The molecular formula is C10H14F3N3O. The van der Waals surface area contributed by atoms with Crippen molar-refractivity contribution in [2.24, 2.45) is 0 Å². The molecule has 0 amide bonds. The van der Waals surface area contributed by atoms with Crippen LogP contribution >= 0.6 is 0 Å². The molecule has 0 bridgehead atoms. The van der Waals surface area contributed by atoms with Crippen molar-refractivity contribution < 1.29 is 17.9 Å². The van der Waals surface area contributed by atoms with E-state index in [4.69, 9.17) is 0 Å². The van der Waals surface area contributed by atoms with E-state index in [-0.39, 0.29) is 13.2 Å². The van der Waals surface area contributed by atoms with Crippen LogP contribution in [0.5, 0.6) is 0 Å². The van der Waals surface area contributed by atoms with E-state index in [0.717, 1.165) is 12.1 Å². The molecule has 1 heterocycles. The summed E-state index contributed by atoms with van der Waals surface area (Å²) >= 11 is 0. The third-order valence-electron chi connectivity index (χ3n) is 1.90. The zero-order valence-corrected chi connectivity index (χ0v) is 9.42. The zero-order chi connectivity index (χ0) is 12.7. The van der Waals surface area contributed by atoms with Gasteiger partial charge in [0.2, 0.25) is 0 Å². The van der Waals surface area contributed by atoms with Crippen molar-refractivity contribution in [1.82, 2.24) is 9.97 Å². The Morgan fingerprint density at radius 3 is 2.76 bits per heavy atom. The van der Waals surface area contributed by atoms with Crippen LogP contribution in [0, 0.1) is 0 Å². The van der Waals surface area contributed by atoms with E-state index in [9.17, 15) is 13.2 Å². The van der Waals surface area contributed by atoms with Crippen molar-refractivity contribution in [2.45, 2.75) is 19.5 Å². The molecule has 0 fully saturated rings. The minimum atomic E-state index is -4.27. The van der Waals surface area contributed by atoms with Crippen LogP contribution in [0.2, 0.25) is 0 Å². The van der Waals surface area contributed by atoms with E-state index in [1.54, 1.807) is 6.07 Å². The van der Waals surface area contributed by atoms with Gasteiger partial charge in [-0.2, -0.15) is 13.2 Å². The van der Waals surface area contributed by atoms with Gasteiger partial charge in [0.15, 0.2) is 0 Å². The van der Waals surface area contributed by atoms with E-state index in [2.05, 4.69) is 20.0 Å². The van der Waals surface area contributed by atoms with Crippen molar-refractivity contribution in [3.63, 3.8) is 0 Å². The highest BCUT2D eigenvalue weighted by Gasteiger charge is 2.27. The van der Waals surface area contributed by atoms with Gasteiger partial charge in [-0.1, -0.05) is 6.92 Å². The highest BCUT2D eigenvalue weighted by Crippen LogP contribution is 2.14. The molecule has 96 valence electrons. The number of aryl methyl sites for hydroxylation is 1. The number of anilines is 1. The van der Waals surface area contributed by atoms with Gasteiger partial charge in [-0.15, -0.1) is 0 Å². The van der Waals surface area contributed by atoms with Crippen LogP contribution in [0.4, 0.5) is 19.0 Å². The van der Waals surface area contributed by atoms with E-state index < -0.39 is 12.8 Å². The Morgan fingerprint density at radius 1 is 1.35 bits per heavy atom. The van der Waals surface area contributed by atoms with E-state index >= 15 is 0 Å². The number of alkyl halides is 3. The summed E-state index contributed by atoms with van der Waals surface area (Å²) in [6, 6.07) is 1.75. The fraction of sp³-hybridized carbons (Fsp3) is 0.600. The molecule has 1 N–H and O–H groups in total. The summed E-state index contributed by atoms with van der Waals surface area (Å²) in [6.45, 7) is 0.985. The first-order valence-electron chi connectivity index (χ1n) is 5.20. The first-order chi connectivity index (χ1) is 8.01. The first kappa shape index (κ1) is 13.7. The molecule has 7 heteroatoms. The number of hydrogen-bond donors (Lipinski definition) is 1. The van der Waals surface area contributed by atoms with Gasteiger partial charge in [0, 0.05) is 18.3 Å². The molecule has 0 aliphatic rings. The van der Waals surface area contributed by atoms with Crippen molar-refractivity contribution in [3.05, 3.63) is 18.1 Å². The molecular weight excluding hydrogens is 235 g/mol. The van der Waals surface area contributed by atoms with Gasteiger partial charge in [0.05, 0.1) is 6.61 Å². The predicted octanol–water partition coefficient (Wildman–Crippen LogP) is 2.03. The van der Waals surface area contributed by atoms with Crippen LogP contribution in [-0.2, 0) is 11.2 Å². The second-order valence-corrected chi connectivity index (χ2v) is 3.34. The number of halogens is 3. The maximum absolute atomic E-state index is 11.7. The average Bonchev–Trinajstić information content (AvgIpc) is 2.27. The van der Waals surface area contributed by atoms with Crippen molar-refractivity contribution >= 4 is 5.82 Å². The van der Waals surface area contributed by atoms with Crippen molar-refractivity contribution in [2.75, 3.05) is 25.1 Å². The van der Waals surface area contributed by atoms with Crippen LogP contribution in [-0.4, -0.2) is 35.9 Å². The minimum absolute atomic E-state index is 0.0228. The molecule has 4 nitrogen and oxygen atoms in total. The predicted molar refractivity (Wildman–Crippen MR) is 56.8 cm³/mol. The Bertz CT molecular complexity index is 344. The number of rotatable bonds is 6. The van der Waals surface area contributed by atoms with Gasteiger partial charge < -0.3 is 10.1 Å². The smallest absolute Gasteiger partial charge is 0.370 e. The third-order valence-corrected chi connectivity index (χ3v) is 1.90. The maximum atomic E-state index is 11.7. The summed E-state index contributed by atoms with van der Waals surface area (Å²) < 4.78 is 39.7. The second-order valence-electron chi connectivity index (χ2n) is 3.34. The second kappa shape index (κ2) is 6.39. The first-order valence-corrected chi connectivity index (χ1v) is 5.20. The summed E-state index contributed by atoms with van der Waals surface area (Å²) in [5.41, 5.74) is 0.874. The largest absolute Gasteiger partial charge is 0.411 e. The maximum Gasteiger partial charge on any atom is 0.411 e. The number of ether oxygens (including phenoxy) is 1. The van der Waals surface area contributed by atoms with Crippen LogP contribution < -0.4 is 5.32 Å². The zero-order valence-electron chi connectivity index (χ0n) is 9.42. The molecule has 0 atom stereocenters. The van der Waals surface area contributed by atoms with Gasteiger partial charge in [0.1, 0.15) is 18.8 Å². The molecule has 0 saturated carbocycles. The van der Waals surface area contributed by atoms with E-state index in [1.165, 1.54) is 6.33 Å².